The first kappa shape index (κ1) is 14.1. The average Bonchev–Trinajstić information content (AvgIpc) is 2.47. The van der Waals surface area contributed by atoms with E-state index in [1.807, 2.05) is 54.6 Å². The molecule has 0 bridgehead atoms. The molecule has 0 radical (unpaired) electrons. The smallest absolute Gasteiger partial charge is 0.106 e. The summed E-state index contributed by atoms with van der Waals surface area (Å²) < 4.78 is 0. The van der Waals surface area contributed by atoms with Crippen molar-refractivity contribution in [2.75, 3.05) is 10.6 Å². The van der Waals surface area contributed by atoms with Crippen LogP contribution >= 0.6 is 15.9 Å². The Kier molecular flexibility index (Phi) is 4.96. The minimum Gasteiger partial charge on any atom is -0.389 e. The Balaban J connectivity index is 2.06. The second kappa shape index (κ2) is 6.70. The highest BCUT2D eigenvalue weighted by atomic mass is 79.9. The molecule has 0 aromatic heterocycles. The van der Waals surface area contributed by atoms with Gasteiger partial charge in [-0.15, -0.1) is 0 Å². The fraction of sp³-hybridized carbons (Fsp3) is 0.200. The Hall–Kier alpha value is -1.36. The summed E-state index contributed by atoms with van der Waals surface area (Å²) in [5.41, 5.74) is 2.65. The highest BCUT2D eigenvalue weighted by Gasteiger charge is 2.16. The van der Waals surface area contributed by atoms with E-state index in [4.69, 9.17) is 0 Å². The van der Waals surface area contributed by atoms with E-state index in [9.17, 15) is 10.2 Å². The van der Waals surface area contributed by atoms with Crippen LogP contribution in [0.4, 0.5) is 11.4 Å². The fourth-order valence-corrected chi connectivity index (χ4v) is 2.11. The molecule has 2 atom stereocenters. The van der Waals surface area contributed by atoms with Gasteiger partial charge in [-0.3, -0.25) is 0 Å². The summed E-state index contributed by atoms with van der Waals surface area (Å²) in [5.74, 6) is 0. The van der Waals surface area contributed by atoms with E-state index in [0.29, 0.717) is 10.9 Å². The van der Waals surface area contributed by atoms with Gasteiger partial charge in [-0.1, -0.05) is 46.3 Å². The molecule has 3 N–H and O–H groups in total. The summed E-state index contributed by atoms with van der Waals surface area (Å²) in [4.78, 5) is 0. The van der Waals surface area contributed by atoms with Crippen molar-refractivity contribution in [3.63, 3.8) is 0 Å². The first-order valence-corrected chi connectivity index (χ1v) is 7.17. The van der Waals surface area contributed by atoms with Gasteiger partial charge in [-0.05, 0) is 29.8 Å². The van der Waals surface area contributed by atoms with Gasteiger partial charge in [0.15, 0.2) is 0 Å². The predicted octanol–water partition coefficient (Wildman–Crippen LogP) is 3.22. The van der Waals surface area contributed by atoms with Crippen molar-refractivity contribution in [3.05, 3.63) is 60.2 Å². The van der Waals surface area contributed by atoms with Gasteiger partial charge in [-0.25, -0.2) is 0 Å². The lowest BCUT2D eigenvalue weighted by molar-refractivity contribution is 0.0343. The van der Waals surface area contributed by atoms with Gasteiger partial charge in [-0.2, -0.15) is 0 Å². The Morgan fingerprint density at radius 1 is 0.895 bits per heavy atom. The van der Waals surface area contributed by atoms with Crippen molar-refractivity contribution >= 4 is 27.3 Å². The van der Waals surface area contributed by atoms with E-state index in [1.165, 1.54) is 0 Å². The molecule has 0 amide bonds. The Bertz CT molecular complexity index is 501. The van der Waals surface area contributed by atoms with Crippen LogP contribution in [-0.4, -0.2) is 21.6 Å². The van der Waals surface area contributed by atoms with E-state index >= 15 is 0 Å². The molecule has 0 saturated heterocycles. The largest absolute Gasteiger partial charge is 0.389 e. The van der Waals surface area contributed by atoms with Crippen molar-refractivity contribution in [2.24, 2.45) is 0 Å². The third-order valence-electron chi connectivity index (χ3n) is 2.84. The number of rotatable bonds is 5. The third kappa shape index (κ3) is 3.80. The van der Waals surface area contributed by atoms with Gasteiger partial charge in [0.05, 0.1) is 6.10 Å². The van der Waals surface area contributed by atoms with Gasteiger partial charge in [0, 0.05) is 16.7 Å². The van der Waals surface area contributed by atoms with Crippen molar-refractivity contribution in [2.45, 2.75) is 12.2 Å². The number of nitrogens with one attached hydrogen (secondary N) is 1. The zero-order valence-corrected chi connectivity index (χ0v) is 11.9. The summed E-state index contributed by atoms with van der Waals surface area (Å²) in [7, 11) is 0. The van der Waals surface area contributed by atoms with E-state index < -0.39 is 12.2 Å². The third-order valence-corrected chi connectivity index (χ3v) is 3.50. The lowest BCUT2D eigenvalue weighted by Gasteiger charge is -2.16. The lowest BCUT2D eigenvalue weighted by atomic mass is 10.1. The van der Waals surface area contributed by atoms with E-state index in [0.717, 1.165) is 11.4 Å². The monoisotopic (exact) mass is 321 g/mol. The second-order valence-electron chi connectivity index (χ2n) is 4.28. The number of hydrogen-bond donors (Lipinski definition) is 3. The maximum atomic E-state index is 9.87. The summed E-state index contributed by atoms with van der Waals surface area (Å²) in [6.07, 6.45) is -1.67. The number of hydrogen-bond acceptors (Lipinski definition) is 3. The van der Waals surface area contributed by atoms with Crippen molar-refractivity contribution in [3.8, 4) is 0 Å². The first-order valence-electron chi connectivity index (χ1n) is 6.05. The van der Waals surface area contributed by atoms with E-state index in [-0.39, 0.29) is 0 Å². The fourth-order valence-electron chi connectivity index (χ4n) is 1.76. The predicted molar refractivity (Wildman–Crippen MR) is 80.9 cm³/mol. The Labute approximate surface area is 121 Å². The van der Waals surface area contributed by atoms with Crippen LogP contribution in [-0.2, 0) is 0 Å². The summed E-state index contributed by atoms with van der Waals surface area (Å²) in [5, 5.41) is 23.0. The van der Waals surface area contributed by atoms with Crippen LogP contribution in [0.3, 0.4) is 0 Å². The molecule has 2 aromatic rings. The lowest BCUT2D eigenvalue weighted by Crippen LogP contribution is -2.19. The molecule has 19 heavy (non-hydrogen) atoms. The highest BCUT2D eigenvalue weighted by molar-refractivity contribution is 9.09. The number of halogens is 1. The number of aliphatic hydroxyl groups excluding tert-OH is 2. The SMILES string of the molecule is OC(CBr)C(O)c1ccc(Nc2ccccc2)cc1. The van der Waals surface area contributed by atoms with Crippen LogP contribution < -0.4 is 5.32 Å². The maximum Gasteiger partial charge on any atom is 0.106 e. The van der Waals surface area contributed by atoms with Crippen molar-refractivity contribution in [1.29, 1.82) is 0 Å². The zero-order valence-electron chi connectivity index (χ0n) is 10.3. The van der Waals surface area contributed by atoms with E-state index in [1.54, 1.807) is 0 Å². The van der Waals surface area contributed by atoms with Crippen LogP contribution in [0.5, 0.6) is 0 Å². The molecule has 0 aliphatic carbocycles. The second-order valence-corrected chi connectivity index (χ2v) is 4.93. The highest BCUT2D eigenvalue weighted by Crippen LogP contribution is 2.22. The summed E-state index contributed by atoms with van der Waals surface area (Å²) in [6.45, 7) is 0. The molecule has 2 rings (SSSR count). The standard InChI is InChI=1S/C15H16BrNO2/c16-10-14(18)15(19)11-6-8-13(9-7-11)17-12-4-2-1-3-5-12/h1-9,14-15,17-19H,10H2. The zero-order chi connectivity index (χ0) is 13.7. The summed E-state index contributed by atoms with van der Waals surface area (Å²) in [6, 6.07) is 17.2. The van der Waals surface area contributed by atoms with Crippen LogP contribution in [0, 0.1) is 0 Å². The van der Waals surface area contributed by atoms with Gasteiger partial charge in [0.2, 0.25) is 0 Å². The van der Waals surface area contributed by atoms with E-state index in [2.05, 4.69) is 21.2 Å². The summed E-state index contributed by atoms with van der Waals surface area (Å²) >= 11 is 3.15. The normalized spacial score (nSPS) is 13.8. The Morgan fingerprint density at radius 3 is 2.05 bits per heavy atom. The molecular weight excluding hydrogens is 306 g/mol. The molecule has 0 saturated carbocycles. The molecular formula is C15H16BrNO2. The van der Waals surface area contributed by atoms with Crippen molar-refractivity contribution in [1.82, 2.24) is 0 Å². The molecule has 3 nitrogen and oxygen atoms in total. The molecule has 0 aliphatic heterocycles. The number of benzene rings is 2. The first-order chi connectivity index (χ1) is 9.20. The van der Waals surface area contributed by atoms with Crippen molar-refractivity contribution < 1.29 is 10.2 Å². The molecule has 2 unspecified atom stereocenters. The van der Waals surface area contributed by atoms with Crippen LogP contribution in [0.25, 0.3) is 0 Å². The number of anilines is 2. The van der Waals surface area contributed by atoms with Crippen LogP contribution in [0.1, 0.15) is 11.7 Å². The molecule has 0 spiro atoms. The molecule has 4 heteroatoms. The minimum atomic E-state index is -0.870. The number of alkyl halides is 1. The van der Waals surface area contributed by atoms with Gasteiger partial charge in [0.1, 0.15) is 6.10 Å². The maximum absolute atomic E-state index is 9.87. The average molecular weight is 322 g/mol. The van der Waals surface area contributed by atoms with Gasteiger partial charge in [0.25, 0.3) is 0 Å². The van der Waals surface area contributed by atoms with Crippen LogP contribution in [0.2, 0.25) is 0 Å². The molecule has 100 valence electrons. The Morgan fingerprint density at radius 2 is 1.47 bits per heavy atom. The number of para-hydroxylation sites is 1. The molecule has 0 fully saturated rings. The van der Waals surface area contributed by atoms with Gasteiger partial charge < -0.3 is 15.5 Å². The molecule has 0 heterocycles. The topological polar surface area (TPSA) is 52.5 Å². The van der Waals surface area contributed by atoms with Gasteiger partial charge >= 0.3 is 0 Å². The minimum absolute atomic E-state index is 0.345. The quantitative estimate of drug-likeness (QED) is 0.741. The molecule has 0 aliphatic rings. The van der Waals surface area contributed by atoms with Crippen LogP contribution in [0.15, 0.2) is 54.6 Å². The molecule has 2 aromatic carbocycles. The number of aliphatic hydroxyl groups is 2.